The van der Waals surface area contributed by atoms with E-state index < -0.39 is 22.7 Å². The van der Waals surface area contributed by atoms with E-state index in [0.29, 0.717) is 10.8 Å². The van der Waals surface area contributed by atoms with Gasteiger partial charge in [0.15, 0.2) is 0 Å². The number of hydrogen-bond acceptors (Lipinski definition) is 4. The molecule has 1 heterocycles. The Morgan fingerprint density at radius 1 is 1.37 bits per heavy atom. The average molecular weight is 316 g/mol. The molecule has 0 atom stereocenters. The second kappa shape index (κ2) is 6.21. The summed E-state index contributed by atoms with van der Waals surface area (Å²) in [5.74, 6) is 0. The van der Waals surface area contributed by atoms with E-state index in [4.69, 9.17) is 0 Å². The maximum Gasteiger partial charge on any atom is 0.402 e. The molecular weight excluding hydrogens is 301 g/mol. The Hall–Kier alpha value is -0.640. The number of alkyl halides is 3. The maximum atomic E-state index is 12.4. The molecule has 0 saturated carbocycles. The maximum absolute atomic E-state index is 12.4. The fourth-order valence-corrected chi connectivity index (χ4v) is 4.42. The van der Waals surface area contributed by atoms with Gasteiger partial charge in [-0.25, -0.2) is 8.42 Å². The minimum atomic E-state index is -4.55. The lowest BCUT2D eigenvalue weighted by Gasteiger charge is -2.20. The predicted octanol–water partition coefficient (Wildman–Crippen LogP) is 2.04. The Morgan fingerprint density at radius 2 is 2.00 bits per heavy atom. The molecule has 1 N–H and O–H groups in total. The zero-order chi connectivity index (χ0) is 14.7. The lowest BCUT2D eigenvalue weighted by molar-refractivity contribution is -0.135. The molecule has 0 aliphatic rings. The van der Waals surface area contributed by atoms with Crippen molar-refractivity contribution in [2.75, 3.05) is 20.1 Å². The Bertz CT molecular complexity index is 511. The number of hydrogen-bond donors (Lipinski definition) is 1. The molecule has 0 saturated heterocycles. The van der Waals surface area contributed by atoms with E-state index in [1.807, 2.05) is 0 Å². The molecule has 19 heavy (non-hydrogen) atoms. The van der Waals surface area contributed by atoms with Gasteiger partial charge in [0, 0.05) is 18.0 Å². The fraction of sp³-hybridized carbons (Fsp3) is 0.600. The highest BCUT2D eigenvalue weighted by atomic mass is 32.2. The first-order chi connectivity index (χ1) is 8.70. The van der Waals surface area contributed by atoms with Crippen molar-refractivity contribution in [3.05, 3.63) is 17.0 Å². The average Bonchev–Trinajstić information content (AvgIpc) is 2.74. The highest BCUT2D eigenvalue weighted by molar-refractivity contribution is 7.91. The molecule has 4 nitrogen and oxygen atoms in total. The third-order valence-corrected chi connectivity index (χ3v) is 5.76. The van der Waals surface area contributed by atoms with Crippen LogP contribution >= 0.6 is 11.3 Å². The van der Waals surface area contributed by atoms with Crippen molar-refractivity contribution < 1.29 is 21.6 Å². The van der Waals surface area contributed by atoms with Gasteiger partial charge in [-0.05, 0) is 19.2 Å². The van der Waals surface area contributed by atoms with Crippen molar-refractivity contribution in [2.24, 2.45) is 0 Å². The molecule has 0 bridgehead atoms. The van der Waals surface area contributed by atoms with Crippen LogP contribution < -0.4 is 5.32 Å². The lowest BCUT2D eigenvalue weighted by Crippen LogP contribution is -2.38. The summed E-state index contributed by atoms with van der Waals surface area (Å²) < 4.78 is 61.6. The standard InChI is InChI=1S/C10H15F3N2O2S2/c1-3-15(7-10(11,12)13)19(16,17)9-5-4-8(18-9)6-14-2/h4-5,14H,3,6-7H2,1-2H3. The van der Waals surface area contributed by atoms with E-state index in [9.17, 15) is 21.6 Å². The van der Waals surface area contributed by atoms with Crippen LogP contribution in [0.5, 0.6) is 0 Å². The molecule has 1 rings (SSSR count). The van der Waals surface area contributed by atoms with Crippen LogP contribution in [0.1, 0.15) is 11.8 Å². The zero-order valence-corrected chi connectivity index (χ0v) is 12.1. The fourth-order valence-electron chi connectivity index (χ4n) is 1.46. The molecule has 0 aliphatic carbocycles. The Kier molecular flexibility index (Phi) is 5.36. The molecule has 0 unspecified atom stereocenters. The monoisotopic (exact) mass is 316 g/mol. The number of nitrogens with zero attached hydrogens (tertiary/aromatic N) is 1. The van der Waals surface area contributed by atoms with Crippen LogP contribution in [0.25, 0.3) is 0 Å². The first kappa shape index (κ1) is 16.4. The molecule has 0 amide bonds. The van der Waals surface area contributed by atoms with E-state index in [0.717, 1.165) is 16.2 Å². The van der Waals surface area contributed by atoms with E-state index in [1.165, 1.54) is 13.0 Å². The van der Waals surface area contributed by atoms with Gasteiger partial charge in [0.05, 0.1) is 0 Å². The van der Waals surface area contributed by atoms with Crippen LogP contribution in [-0.4, -0.2) is 39.0 Å². The Morgan fingerprint density at radius 3 is 2.47 bits per heavy atom. The van der Waals surface area contributed by atoms with Gasteiger partial charge in [-0.3, -0.25) is 0 Å². The molecule has 0 aliphatic heterocycles. The Labute approximate surface area is 114 Å². The van der Waals surface area contributed by atoms with E-state index in [-0.39, 0.29) is 10.8 Å². The minimum Gasteiger partial charge on any atom is -0.315 e. The third-order valence-electron chi connectivity index (χ3n) is 2.29. The molecule has 1 aromatic rings. The first-order valence-corrected chi connectivity index (χ1v) is 7.76. The molecule has 0 radical (unpaired) electrons. The van der Waals surface area contributed by atoms with Crippen molar-refractivity contribution in [2.45, 2.75) is 23.9 Å². The quantitative estimate of drug-likeness (QED) is 0.874. The second-order valence-corrected chi connectivity index (χ2v) is 7.13. The third kappa shape index (κ3) is 4.44. The van der Waals surface area contributed by atoms with Gasteiger partial charge in [0.2, 0.25) is 0 Å². The van der Waals surface area contributed by atoms with Crippen LogP contribution in [0, 0.1) is 0 Å². The van der Waals surface area contributed by atoms with Gasteiger partial charge in [0.25, 0.3) is 10.0 Å². The van der Waals surface area contributed by atoms with Crippen LogP contribution in [0.15, 0.2) is 16.3 Å². The number of nitrogens with one attached hydrogen (secondary N) is 1. The minimum absolute atomic E-state index is 0.0659. The summed E-state index contributed by atoms with van der Waals surface area (Å²) in [5, 5.41) is 2.85. The topological polar surface area (TPSA) is 49.4 Å². The van der Waals surface area contributed by atoms with Crippen LogP contribution in [0.2, 0.25) is 0 Å². The summed E-state index contributed by atoms with van der Waals surface area (Å²) in [4.78, 5) is 0.754. The number of sulfonamides is 1. The summed E-state index contributed by atoms with van der Waals surface area (Å²) in [5.41, 5.74) is 0. The highest BCUT2D eigenvalue weighted by Crippen LogP contribution is 2.27. The van der Waals surface area contributed by atoms with Crippen molar-refractivity contribution in [1.29, 1.82) is 0 Å². The summed E-state index contributed by atoms with van der Waals surface area (Å²) in [7, 11) is -2.37. The second-order valence-electron chi connectivity index (χ2n) is 3.80. The Balaban J connectivity index is 2.99. The molecule has 9 heteroatoms. The summed E-state index contributed by atoms with van der Waals surface area (Å²) >= 11 is 0.975. The zero-order valence-electron chi connectivity index (χ0n) is 10.5. The van der Waals surface area contributed by atoms with Crippen LogP contribution in [0.3, 0.4) is 0 Å². The van der Waals surface area contributed by atoms with Gasteiger partial charge in [-0.1, -0.05) is 6.92 Å². The number of rotatable bonds is 6. The highest BCUT2D eigenvalue weighted by Gasteiger charge is 2.36. The van der Waals surface area contributed by atoms with Crippen LogP contribution in [0.4, 0.5) is 13.2 Å². The number of thiophene rings is 1. The van der Waals surface area contributed by atoms with Gasteiger partial charge in [0.1, 0.15) is 10.8 Å². The summed E-state index contributed by atoms with van der Waals surface area (Å²) in [6, 6.07) is 2.93. The summed E-state index contributed by atoms with van der Waals surface area (Å²) in [6.07, 6.45) is -4.55. The molecule has 0 spiro atoms. The molecule has 0 aromatic carbocycles. The van der Waals surface area contributed by atoms with Crippen molar-refractivity contribution >= 4 is 21.4 Å². The van der Waals surface area contributed by atoms with Crippen molar-refractivity contribution in [1.82, 2.24) is 9.62 Å². The van der Waals surface area contributed by atoms with Crippen molar-refractivity contribution in [3.63, 3.8) is 0 Å². The molecule has 110 valence electrons. The van der Waals surface area contributed by atoms with E-state index in [1.54, 1.807) is 13.1 Å². The van der Waals surface area contributed by atoms with Gasteiger partial charge >= 0.3 is 6.18 Å². The molecular formula is C10H15F3N2O2S2. The van der Waals surface area contributed by atoms with E-state index in [2.05, 4.69) is 5.32 Å². The molecule has 1 aromatic heterocycles. The molecule has 0 fully saturated rings. The predicted molar refractivity (Wildman–Crippen MR) is 67.6 cm³/mol. The normalized spacial score (nSPS) is 13.2. The smallest absolute Gasteiger partial charge is 0.315 e. The first-order valence-electron chi connectivity index (χ1n) is 5.51. The van der Waals surface area contributed by atoms with Gasteiger partial charge in [-0.2, -0.15) is 17.5 Å². The largest absolute Gasteiger partial charge is 0.402 e. The van der Waals surface area contributed by atoms with Gasteiger partial charge in [-0.15, -0.1) is 11.3 Å². The lowest BCUT2D eigenvalue weighted by atomic mass is 10.5. The van der Waals surface area contributed by atoms with E-state index >= 15 is 0 Å². The summed E-state index contributed by atoms with van der Waals surface area (Å²) in [6.45, 7) is 0.170. The van der Waals surface area contributed by atoms with Crippen LogP contribution in [-0.2, 0) is 16.6 Å². The van der Waals surface area contributed by atoms with Crippen molar-refractivity contribution in [3.8, 4) is 0 Å². The SMILES string of the molecule is CCN(CC(F)(F)F)S(=O)(=O)c1ccc(CNC)s1. The number of halogens is 3. The van der Waals surface area contributed by atoms with Gasteiger partial charge < -0.3 is 5.32 Å².